The molecule has 0 aliphatic rings. The largest absolute Gasteiger partial charge is 0.271 e. The zero-order valence-corrected chi connectivity index (χ0v) is 20.8. The normalized spacial score (nSPS) is 11.5. The fraction of sp³-hybridized carbons (Fsp3) is 0.130. The molecule has 0 saturated carbocycles. The third-order valence-electron chi connectivity index (χ3n) is 4.72. The van der Waals surface area contributed by atoms with Crippen molar-refractivity contribution in [2.75, 3.05) is 10.8 Å². The van der Waals surface area contributed by atoms with E-state index in [1.807, 2.05) is 6.92 Å². The second-order valence-corrected chi connectivity index (χ2v) is 10.3. The van der Waals surface area contributed by atoms with Crippen molar-refractivity contribution in [2.24, 2.45) is 5.10 Å². The number of rotatable bonds is 7. The first kappa shape index (κ1) is 25.1. The maximum Gasteiger partial charge on any atom is 0.264 e. The second-order valence-electron chi connectivity index (χ2n) is 7.18. The van der Waals surface area contributed by atoms with Crippen LogP contribution in [-0.4, -0.2) is 27.1 Å². The summed E-state index contributed by atoms with van der Waals surface area (Å²) in [5.41, 5.74) is 4.58. The molecule has 0 fully saturated rings. The molecule has 1 amide bonds. The lowest BCUT2D eigenvalue weighted by Crippen LogP contribution is -2.40. The molecule has 172 valence electrons. The monoisotopic (exact) mass is 523 g/mol. The van der Waals surface area contributed by atoms with Crippen molar-refractivity contribution in [3.63, 3.8) is 0 Å². The van der Waals surface area contributed by atoms with Crippen molar-refractivity contribution in [2.45, 2.75) is 18.7 Å². The minimum Gasteiger partial charge on any atom is -0.271 e. The van der Waals surface area contributed by atoms with Crippen molar-refractivity contribution in [1.82, 2.24) is 5.43 Å². The van der Waals surface area contributed by atoms with Crippen molar-refractivity contribution in [3.8, 4) is 0 Å². The first-order valence-electron chi connectivity index (χ1n) is 9.71. The van der Waals surface area contributed by atoms with Crippen LogP contribution in [0.5, 0.6) is 0 Å². The standard InChI is InChI=1S/C23H20Cl3N3O3S/c1-15-6-10-18(11-7-15)33(31,32)29(22-12-17(24)9-8-16(22)2)14-23(30)28-27-13-19-20(25)4-3-5-21(19)26/h3-13H,14H2,1-2H3,(H,28,30)/b27-13-. The Morgan fingerprint density at radius 1 is 1.00 bits per heavy atom. The van der Waals surface area contributed by atoms with Crippen LogP contribution in [0.1, 0.15) is 16.7 Å². The molecule has 0 unspecified atom stereocenters. The average Bonchev–Trinajstić information content (AvgIpc) is 2.76. The van der Waals surface area contributed by atoms with Gasteiger partial charge in [0.25, 0.3) is 15.9 Å². The third-order valence-corrected chi connectivity index (χ3v) is 7.39. The van der Waals surface area contributed by atoms with Crippen molar-refractivity contribution < 1.29 is 13.2 Å². The molecule has 0 saturated heterocycles. The van der Waals surface area contributed by atoms with Gasteiger partial charge < -0.3 is 0 Å². The number of amides is 1. The number of carbonyl (C=O) groups is 1. The van der Waals surface area contributed by atoms with Crippen LogP contribution in [0.4, 0.5) is 5.69 Å². The van der Waals surface area contributed by atoms with Gasteiger partial charge in [-0.1, -0.05) is 64.6 Å². The van der Waals surface area contributed by atoms with E-state index in [4.69, 9.17) is 34.8 Å². The van der Waals surface area contributed by atoms with Crippen LogP contribution in [0.2, 0.25) is 15.1 Å². The van der Waals surface area contributed by atoms with Crippen molar-refractivity contribution in [3.05, 3.63) is 92.4 Å². The van der Waals surface area contributed by atoms with Crippen LogP contribution < -0.4 is 9.73 Å². The molecule has 0 heterocycles. The summed E-state index contributed by atoms with van der Waals surface area (Å²) >= 11 is 18.3. The van der Waals surface area contributed by atoms with E-state index < -0.39 is 22.5 Å². The molecular formula is C23H20Cl3N3O3S. The SMILES string of the molecule is Cc1ccc(S(=O)(=O)N(CC(=O)N/N=C\c2c(Cl)cccc2Cl)c2cc(Cl)ccc2C)cc1. The molecule has 0 aliphatic carbocycles. The molecule has 0 bridgehead atoms. The van der Waals surface area contributed by atoms with Gasteiger partial charge in [-0.15, -0.1) is 0 Å². The molecule has 3 aromatic rings. The van der Waals surface area contributed by atoms with E-state index in [0.29, 0.717) is 26.2 Å². The van der Waals surface area contributed by atoms with E-state index in [2.05, 4.69) is 10.5 Å². The fourth-order valence-electron chi connectivity index (χ4n) is 2.96. The minimum absolute atomic E-state index is 0.0478. The minimum atomic E-state index is -4.08. The smallest absolute Gasteiger partial charge is 0.264 e. The molecule has 10 heteroatoms. The number of sulfonamides is 1. The maximum atomic E-state index is 13.5. The van der Waals surface area contributed by atoms with Gasteiger partial charge in [-0.05, 0) is 55.8 Å². The number of aryl methyl sites for hydroxylation is 2. The third kappa shape index (κ3) is 6.06. The molecular weight excluding hydrogens is 505 g/mol. The fourth-order valence-corrected chi connectivity index (χ4v) is 5.10. The summed E-state index contributed by atoms with van der Waals surface area (Å²) in [6, 6.07) is 16.1. The molecule has 1 N–H and O–H groups in total. The van der Waals surface area contributed by atoms with Gasteiger partial charge >= 0.3 is 0 Å². The Bertz CT molecular complexity index is 1290. The summed E-state index contributed by atoms with van der Waals surface area (Å²) in [4.78, 5) is 12.7. The Morgan fingerprint density at radius 3 is 2.27 bits per heavy atom. The first-order valence-corrected chi connectivity index (χ1v) is 12.3. The van der Waals surface area contributed by atoms with Crippen LogP contribution in [0.3, 0.4) is 0 Å². The summed E-state index contributed by atoms with van der Waals surface area (Å²) in [6.45, 7) is 3.07. The van der Waals surface area contributed by atoms with E-state index >= 15 is 0 Å². The van der Waals surface area contributed by atoms with Gasteiger partial charge in [0.15, 0.2) is 0 Å². The molecule has 3 rings (SSSR count). The summed E-state index contributed by atoms with van der Waals surface area (Å²) < 4.78 is 27.9. The van der Waals surface area contributed by atoms with E-state index in [0.717, 1.165) is 9.87 Å². The Kier molecular flexibility index (Phi) is 8.02. The highest BCUT2D eigenvalue weighted by atomic mass is 35.5. The second kappa shape index (κ2) is 10.6. The Balaban J connectivity index is 1.91. The van der Waals surface area contributed by atoms with Gasteiger partial charge in [-0.25, -0.2) is 13.8 Å². The number of hydrogen-bond acceptors (Lipinski definition) is 4. The van der Waals surface area contributed by atoms with E-state index in [9.17, 15) is 13.2 Å². The predicted octanol–water partition coefficient (Wildman–Crippen LogP) is 5.61. The number of carbonyl (C=O) groups excluding carboxylic acids is 1. The Hall–Kier alpha value is -2.58. The zero-order valence-electron chi connectivity index (χ0n) is 17.7. The summed E-state index contributed by atoms with van der Waals surface area (Å²) in [7, 11) is -4.08. The zero-order chi connectivity index (χ0) is 24.2. The number of nitrogens with zero attached hydrogens (tertiary/aromatic N) is 2. The van der Waals surface area contributed by atoms with E-state index in [1.54, 1.807) is 49.4 Å². The van der Waals surface area contributed by atoms with E-state index in [1.165, 1.54) is 24.4 Å². The van der Waals surface area contributed by atoms with Crippen molar-refractivity contribution in [1.29, 1.82) is 0 Å². The van der Waals surface area contributed by atoms with Gasteiger partial charge in [0, 0.05) is 10.6 Å². The number of halogens is 3. The van der Waals surface area contributed by atoms with Crippen LogP contribution in [-0.2, 0) is 14.8 Å². The molecule has 33 heavy (non-hydrogen) atoms. The molecule has 0 atom stereocenters. The van der Waals surface area contributed by atoms with Gasteiger partial charge in [-0.2, -0.15) is 5.10 Å². The number of hydrogen-bond donors (Lipinski definition) is 1. The average molecular weight is 525 g/mol. The van der Waals surface area contributed by atoms with Gasteiger partial charge in [0.2, 0.25) is 0 Å². The first-order chi connectivity index (χ1) is 15.6. The predicted molar refractivity (Wildman–Crippen MR) is 134 cm³/mol. The molecule has 0 aromatic heterocycles. The highest BCUT2D eigenvalue weighted by Gasteiger charge is 2.28. The van der Waals surface area contributed by atoms with Crippen LogP contribution >= 0.6 is 34.8 Å². The lowest BCUT2D eigenvalue weighted by atomic mass is 10.2. The lowest BCUT2D eigenvalue weighted by molar-refractivity contribution is -0.119. The summed E-state index contributed by atoms with van der Waals surface area (Å²) in [5.74, 6) is -0.663. The van der Waals surface area contributed by atoms with Crippen molar-refractivity contribution >= 4 is 62.6 Å². The van der Waals surface area contributed by atoms with E-state index in [-0.39, 0.29) is 10.6 Å². The van der Waals surface area contributed by atoms with Gasteiger partial charge in [-0.3, -0.25) is 9.10 Å². The topological polar surface area (TPSA) is 78.8 Å². The quantitative estimate of drug-likeness (QED) is 0.322. The maximum absolute atomic E-state index is 13.5. The number of nitrogens with one attached hydrogen (secondary N) is 1. The van der Waals surface area contributed by atoms with Crippen LogP contribution in [0, 0.1) is 13.8 Å². The van der Waals surface area contributed by atoms with Crippen LogP contribution in [0.15, 0.2) is 70.7 Å². The molecule has 3 aromatic carbocycles. The highest BCUT2D eigenvalue weighted by Crippen LogP contribution is 2.29. The van der Waals surface area contributed by atoms with Crippen LogP contribution in [0.25, 0.3) is 0 Å². The lowest BCUT2D eigenvalue weighted by Gasteiger charge is -2.25. The number of hydrazone groups is 1. The summed E-state index contributed by atoms with van der Waals surface area (Å²) in [5, 5.41) is 4.93. The molecule has 0 aliphatic heterocycles. The number of benzene rings is 3. The molecule has 6 nitrogen and oxygen atoms in total. The van der Waals surface area contributed by atoms with Gasteiger partial charge in [0.05, 0.1) is 26.8 Å². The Morgan fingerprint density at radius 2 is 1.64 bits per heavy atom. The molecule has 0 radical (unpaired) electrons. The number of anilines is 1. The highest BCUT2D eigenvalue weighted by molar-refractivity contribution is 7.92. The molecule has 0 spiro atoms. The van der Waals surface area contributed by atoms with Gasteiger partial charge in [0.1, 0.15) is 6.54 Å². The Labute approximate surface area is 207 Å². The summed E-state index contributed by atoms with van der Waals surface area (Å²) in [6.07, 6.45) is 1.30.